The molecule has 0 bridgehead atoms. The maximum absolute atomic E-state index is 12.2. The summed E-state index contributed by atoms with van der Waals surface area (Å²) in [6, 6.07) is 27.6. The van der Waals surface area contributed by atoms with Crippen molar-refractivity contribution in [1.82, 2.24) is 0 Å². The van der Waals surface area contributed by atoms with Crippen LogP contribution < -0.4 is 16.6 Å². The number of anilines is 1. The molecule has 0 amide bonds. The van der Waals surface area contributed by atoms with Crippen molar-refractivity contribution < 1.29 is 13.8 Å². The quantitative estimate of drug-likeness (QED) is 0.147. The van der Waals surface area contributed by atoms with E-state index in [4.69, 9.17) is 14.6 Å². The molecule has 0 radical (unpaired) electrons. The maximum Gasteiger partial charge on any atom is 0.312 e. The van der Waals surface area contributed by atoms with Crippen LogP contribution in [0.25, 0.3) is 44.6 Å². The van der Waals surface area contributed by atoms with Crippen molar-refractivity contribution in [3.05, 3.63) is 139 Å². The molecule has 198 valence electrons. The SMILES string of the molecule is Cc1ccccc1-c1cc(=O)c2cccc(N)c2o1.Cc1ccccc1-c1cc(=O)c2cccc([N+](=O)[O-])c2o1. The fraction of sp³-hybridized carbons (Fsp3) is 0.0625. The number of benzene rings is 4. The molecule has 4 aromatic carbocycles. The number of non-ortho nitro benzene ring substituents is 1. The molecule has 0 aliphatic carbocycles. The highest BCUT2D eigenvalue weighted by Gasteiger charge is 2.18. The predicted octanol–water partition coefficient (Wildman–Crippen LogP) is 7.03. The number of hydrogen-bond acceptors (Lipinski definition) is 7. The van der Waals surface area contributed by atoms with Crippen LogP contribution in [-0.2, 0) is 0 Å². The Morgan fingerprint density at radius 2 is 1.12 bits per heavy atom. The fourth-order valence-corrected chi connectivity index (χ4v) is 4.47. The number of para-hydroxylation sites is 2. The molecule has 0 aliphatic heterocycles. The van der Waals surface area contributed by atoms with E-state index in [-0.39, 0.29) is 27.5 Å². The smallest absolute Gasteiger partial charge is 0.312 e. The molecule has 0 fully saturated rings. The van der Waals surface area contributed by atoms with Crippen LogP contribution >= 0.6 is 0 Å². The first kappa shape index (κ1) is 26.1. The van der Waals surface area contributed by atoms with Crippen molar-refractivity contribution in [3.8, 4) is 22.6 Å². The van der Waals surface area contributed by atoms with Gasteiger partial charge in [-0.2, -0.15) is 0 Å². The van der Waals surface area contributed by atoms with Gasteiger partial charge in [0.25, 0.3) is 0 Å². The summed E-state index contributed by atoms with van der Waals surface area (Å²) in [7, 11) is 0. The number of hydrogen-bond donors (Lipinski definition) is 1. The lowest BCUT2D eigenvalue weighted by atomic mass is 10.1. The van der Waals surface area contributed by atoms with E-state index in [1.165, 1.54) is 30.3 Å². The summed E-state index contributed by atoms with van der Waals surface area (Å²) >= 11 is 0. The third-order valence-corrected chi connectivity index (χ3v) is 6.54. The summed E-state index contributed by atoms with van der Waals surface area (Å²) in [5, 5.41) is 11.8. The molecule has 6 rings (SSSR count). The van der Waals surface area contributed by atoms with Gasteiger partial charge in [0, 0.05) is 29.3 Å². The zero-order valence-electron chi connectivity index (χ0n) is 21.7. The number of nitro benzene ring substituents is 1. The average molecular weight is 533 g/mol. The fourth-order valence-electron chi connectivity index (χ4n) is 4.47. The van der Waals surface area contributed by atoms with Gasteiger partial charge in [-0.3, -0.25) is 19.7 Å². The maximum atomic E-state index is 12.2. The van der Waals surface area contributed by atoms with Crippen LogP contribution in [0.3, 0.4) is 0 Å². The lowest BCUT2D eigenvalue weighted by Crippen LogP contribution is -2.02. The van der Waals surface area contributed by atoms with Gasteiger partial charge in [0.2, 0.25) is 5.58 Å². The highest BCUT2D eigenvalue weighted by molar-refractivity contribution is 5.88. The molecule has 0 aliphatic rings. The van der Waals surface area contributed by atoms with Crippen LogP contribution in [0.15, 0.2) is 115 Å². The van der Waals surface area contributed by atoms with E-state index in [2.05, 4.69) is 0 Å². The molecule has 0 saturated carbocycles. The molecule has 0 spiro atoms. The van der Waals surface area contributed by atoms with E-state index in [0.717, 1.165) is 22.3 Å². The van der Waals surface area contributed by atoms with E-state index in [0.29, 0.717) is 28.2 Å². The van der Waals surface area contributed by atoms with Crippen LogP contribution in [0.1, 0.15) is 11.1 Å². The average Bonchev–Trinajstić information content (AvgIpc) is 2.94. The van der Waals surface area contributed by atoms with Gasteiger partial charge in [-0.25, -0.2) is 0 Å². The van der Waals surface area contributed by atoms with Gasteiger partial charge in [-0.15, -0.1) is 0 Å². The van der Waals surface area contributed by atoms with Crippen molar-refractivity contribution in [2.24, 2.45) is 0 Å². The summed E-state index contributed by atoms with van der Waals surface area (Å²) in [6.07, 6.45) is 0. The summed E-state index contributed by atoms with van der Waals surface area (Å²) < 4.78 is 11.5. The predicted molar refractivity (Wildman–Crippen MR) is 156 cm³/mol. The summed E-state index contributed by atoms with van der Waals surface area (Å²) in [6.45, 7) is 3.87. The molecule has 2 heterocycles. The number of fused-ring (bicyclic) bond motifs is 2. The van der Waals surface area contributed by atoms with E-state index in [1.807, 2.05) is 62.4 Å². The highest BCUT2D eigenvalue weighted by Crippen LogP contribution is 2.30. The van der Waals surface area contributed by atoms with Crippen molar-refractivity contribution >= 4 is 33.3 Å². The standard InChI is InChI=1S/C16H11NO4.C16H13NO2/c1-10-5-2-3-6-11(10)15-9-14(18)12-7-4-8-13(17(19)20)16(12)21-15;1-10-5-2-3-6-11(10)15-9-14(18)12-7-4-8-13(17)16(12)19-15/h2-9H,1H3;2-9H,17H2,1H3. The van der Waals surface area contributed by atoms with Crippen molar-refractivity contribution in [2.75, 3.05) is 5.73 Å². The lowest BCUT2D eigenvalue weighted by Gasteiger charge is -2.07. The van der Waals surface area contributed by atoms with Gasteiger partial charge in [-0.1, -0.05) is 60.7 Å². The van der Waals surface area contributed by atoms with Gasteiger partial charge >= 0.3 is 5.69 Å². The molecule has 0 saturated heterocycles. The number of nitrogens with two attached hydrogens (primary N) is 1. The Kier molecular flexibility index (Phi) is 6.99. The molecule has 2 N–H and O–H groups in total. The van der Waals surface area contributed by atoms with Crippen molar-refractivity contribution in [1.29, 1.82) is 0 Å². The Balaban J connectivity index is 0.000000162. The molecule has 8 heteroatoms. The normalized spacial score (nSPS) is 10.8. The van der Waals surface area contributed by atoms with E-state index < -0.39 is 4.92 Å². The molecule has 40 heavy (non-hydrogen) atoms. The zero-order chi connectivity index (χ0) is 28.4. The van der Waals surface area contributed by atoms with E-state index in [1.54, 1.807) is 18.2 Å². The van der Waals surface area contributed by atoms with Crippen LogP contribution in [0.4, 0.5) is 11.4 Å². The second kappa shape index (κ2) is 10.7. The monoisotopic (exact) mass is 532 g/mol. The molecular formula is C32H24N2O6. The Morgan fingerprint density at radius 1 is 0.650 bits per heavy atom. The second-order valence-corrected chi connectivity index (χ2v) is 9.21. The Morgan fingerprint density at radius 3 is 1.65 bits per heavy atom. The Bertz CT molecular complexity index is 2020. The minimum absolute atomic E-state index is 0.00764. The van der Waals surface area contributed by atoms with E-state index >= 15 is 0 Å². The van der Waals surface area contributed by atoms with Gasteiger partial charge in [-0.05, 0) is 43.2 Å². The van der Waals surface area contributed by atoms with Gasteiger partial charge in [0.05, 0.1) is 21.4 Å². The van der Waals surface area contributed by atoms with Gasteiger partial charge in [0.1, 0.15) is 11.5 Å². The number of nitro groups is 1. The molecule has 0 unspecified atom stereocenters. The summed E-state index contributed by atoms with van der Waals surface area (Å²) in [5.74, 6) is 0.883. The molecular weight excluding hydrogens is 508 g/mol. The van der Waals surface area contributed by atoms with Crippen LogP contribution in [-0.4, -0.2) is 4.92 Å². The van der Waals surface area contributed by atoms with Crippen molar-refractivity contribution in [3.63, 3.8) is 0 Å². The largest absolute Gasteiger partial charge is 0.454 e. The number of rotatable bonds is 3. The number of aryl methyl sites for hydroxylation is 2. The second-order valence-electron chi connectivity index (χ2n) is 9.21. The summed E-state index contributed by atoms with van der Waals surface area (Å²) in [5.41, 5.74) is 9.87. The zero-order valence-corrected chi connectivity index (χ0v) is 21.7. The first-order chi connectivity index (χ1) is 19.2. The molecule has 0 atom stereocenters. The Labute approximate surface area is 228 Å². The van der Waals surface area contributed by atoms with Crippen molar-refractivity contribution in [2.45, 2.75) is 13.8 Å². The van der Waals surface area contributed by atoms with E-state index in [9.17, 15) is 19.7 Å². The molecule has 6 aromatic rings. The molecule has 2 aromatic heterocycles. The number of nitrogen functional groups attached to an aromatic ring is 1. The van der Waals surface area contributed by atoms with Gasteiger partial charge < -0.3 is 14.6 Å². The third-order valence-electron chi connectivity index (χ3n) is 6.54. The van der Waals surface area contributed by atoms with Crippen LogP contribution in [0.2, 0.25) is 0 Å². The minimum atomic E-state index is -0.549. The topological polar surface area (TPSA) is 130 Å². The first-order valence-electron chi connectivity index (χ1n) is 12.4. The lowest BCUT2D eigenvalue weighted by molar-refractivity contribution is -0.383. The summed E-state index contributed by atoms with van der Waals surface area (Å²) in [4.78, 5) is 34.8. The van der Waals surface area contributed by atoms with Gasteiger partial charge in [0.15, 0.2) is 16.4 Å². The van der Waals surface area contributed by atoms with Crippen LogP contribution in [0, 0.1) is 24.0 Å². The Hall–Kier alpha value is -5.50. The minimum Gasteiger partial charge on any atom is -0.454 e. The van der Waals surface area contributed by atoms with Crippen LogP contribution in [0.5, 0.6) is 0 Å². The third kappa shape index (κ3) is 4.98. The molecule has 8 nitrogen and oxygen atoms in total. The highest BCUT2D eigenvalue weighted by atomic mass is 16.6. The first-order valence-corrected chi connectivity index (χ1v) is 12.4. The number of nitrogens with zero attached hydrogens (tertiary/aromatic N) is 1.